The number of hydrogen-bond donors (Lipinski definition) is 2. The highest BCUT2D eigenvalue weighted by Gasteiger charge is 2.21. The van der Waals surface area contributed by atoms with Crippen molar-refractivity contribution in [1.29, 1.82) is 0 Å². The molecule has 1 aromatic rings. The zero-order valence-electron chi connectivity index (χ0n) is 11.0. The van der Waals surface area contributed by atoms with Crippen LogP contribution in [0.5, 0.6) is 0 Å². The van der Waals surface area contributed by atoms with Crippen molar-refractivity contribution < 1.29 is 8.42 Å². The van der Waals surface area contributed by atoms with Gasteiger partial charge in [0.05, 0.1) is 4.90 Å². The molecule has 0 amide bonds. The molecule has 0 bridgehead atoms. The molecule has 0 aliphatic carbocycles. The van der Waals surface area contributed by atoms with Gasteiger partial charge in [0.25, 0.3) is 0 Å². The molecule has 1 saturated heterocycles. The van der Waals surface area contributed by atoms with E-state index in [0.717, 1.165) is 29.2 Å². The standard InChI is InChI=1S/C12H20N2O2S3/c1-13-9-11-12(4-7-18-11)19(15,16)14-8-10-2-5-17-6-3-10/h4,7,10,13-14H,2-3,5-6,8-9H2,1H3. The first-order chi connectivity index (χ1) is 9.13. The molecule has 0 radical (unpaired) electrons. The van der Waals surface area contributed by atoms with Crippen LogP contribution in [0.15, 0.2) is 16.3 Å². The van der Waals surface area contributed by atoms with Crippen molar-refractivity contribution in [2.45, 2.75) is 24.3 Å². The Hall–Kier alpha value is -0.0800. The SMILES string of the molecule is CNCc1sccc1S(=O)(=O)NCC1CCSCC1. The van der Waals surface area contributed by atoms with E-state index in [-0.39, 0.29) is 0 Å². The smallest absolute Gasteiger partial charge is 0.241 e. The number of thioether (sulfide) groups is 1. The second-order valence-corrected chi connectivity index (χ2v) is 8.61. The third-order valence-corrected chi connectivity index (χ3v) is 6.84. The number of nitrogens with one attached hydrogen (secondary N) is 2. The molecule has 1 aliphatic rings. The Morgan fingerprint density at radius 1 is 1.37 bits per heavy atom. The Labute approximate surface area is 123 Å². The maximum absolute atomic E-state index is 12.3. The van der Waals surface area contributed by atoms with Gasteiger partial charge in [-0.25, -0.2) is 13.1 Å². The van der Waals surface area contributed by atoms with E-state index >= 15 is 0 Å². The van der Waals surface area contributed by atoms with Crippen LogP contribution in [0.2, 0.25) is 0 Å². The minimum Gasteiger partial charge on any atom is -0.315 e. The third kappa shape index (κ3) is 4.19. The molecular weight excluding hydrogens is 300 g/mol. The quantitative estimate of drug-likeness (QED) is 0.840. The van der Waals surface area contributed by atoms with E-state index in [2.05, 4.69) is 10.0 Å². The van der Waals surface area contributed by atoms with E-state index in [1.807, 2.05) is 24.2 Å². The van der Waals surface area contributed by atoms with Gasteiger partial charge in [-0.2, -0.15) is 11.8 Å². The lowest BCUT2D eigenvalue weighted by atomic mass is 10.0. The summed E-state index contributed by atoms with van der Waals surface area (Å²) in [5.41, 5.74) is 0. The molecule has 0 unspecified atom stereocenters. The van der Waals surface area contributed by atoms with Gasteiger partial charge >= 0.3 is 0 Å². The van der Waals surface area contributed by atoms with Gasteiger partial charge in [0, 0.05) is 18.0 Å². The highest BCUT2D eigenvalue weighted by Crippen LogP contribution is 2.24. The van der Waals surface area contributed by atoms with Crippen molar-refractivity contribution in [2.24, 2.45) is 5.92 Å². The molecule has 0 aromatic carbocycles. The molecule has 7 heteroatoms. The number of rotatable bonds is 6. The Kier molecular flexibility index (Phi) is 5.70. The van der Waals surface area contributed by atoms with Crippen LogP contribution in [-0.4, -0.2) is 33.5 Å². The van der Waals surface area contributed by atoms with Crippen molar-refractivity contribution in [3.63, 3.8) is 0 Å². The lowest BCUT2D eigenvalue weighted by Gasteiger charge is -2.21. The maximum atomic E-state index is 12.3. The molecule has 0 spiro atoms. The molecule has 2 heterocycles. The highest BCUT2D eigenvalue weighted by atomic mass is 32.2. The lowest BCUT2D eigenvalue weighted by molar-refractivity contribution is 0.476. The Balaban J connectivity index is 1.98. The second-order valence-electron chi connectivity index (χ2n) is 4.65. The summed E-state index contributed by atoms with van der Waals surface area (Å²) in [5.74, 6) is 2.79. The van der Waals surface area contributed by atoms with E-state index in [1.165, 1.54) is 11.3 Å². The van der Waals surface area contributed by atoms with Crippen LogP contribution in [0.25, 0.3) is 0 Å². The van der Waals surface area contributed by atoms with Gasteiger partial charge in [0.2, 0.25) is 10.0 Å². The van der Waals surface area contributed by atoms with Gasteiger partial charge in [-0.1, -0.05) is 0 Å². The van der Waals surface area contributed by atoms with Crippen molar-refractivity contribution in [2.75, 3.05) is 25.1 Å². The van der Waals surface area contributed by atoms with Crippen LogP contribution in [0.1, 0.15) is 17.7 Å². The molecule has 1 aromatic heterocycles. The molecule has 2 N–H and O–H groups in total. The van der Waals surface area contributed by atoms with Crippen LogP contribution in [-0.2, 0) is 16.6 Å². The second kappa shape index (κ2) is 7.08. The van der Waals surface area contributed by atoms with Gasteiger partial charge in [-0.15, -0.1) is 11.3 Å². The summed E-state index contributed by atoms with van der Waals surface area (Å²) in [5, 5.41) is 4.84. The average molecular weight is 321 g/mol. The molecule has 1 fully saturated rings. The zero-order chi connectivity index (χ0) is 13.7. The number of hydrogen-bond acceptors (Lipinski definition) is 5. The predicted octanol–water partition coefficient (Wildman–Crippen LogP) is 1.89. The van der Waals surface area contributed by atoms with Gasteiger partial charge in [-0.05, 0) is 48.8 Å². The number of thiophene rings is 1. The minimum absolute atomic E-state index is 0.428. The Bertz CT molecular complexity index is 493. The first kappa shape index (κ1) is 15.3. The summed E-state index contributed by atoms with van der Waals surface area (Å²) in [6.45, 7) is 1.16. The van der Waals surface area contributed by atoms with Crippen LogP contribution < -0.4 is 10.0 Å². The van der Waals surface area contributed by atoms with Crippen LogP contribution >= 0.6 is 23.1 Å². The van der Waals surface area contributed by atoms with Crippen LogP contribution in [0, 0.1) is 5.92 Å². The van der Waals surface area contributed by atoms with Crippen LogP contribution in [0.4, 0.5) is 0 Å². The fourth-order valence-electron chi connectivity index (χ4n) is 2.11. The van der Waals surface area contributed by atoms with E-state index in [0.29, 0.717) is 23.9 Å². The normalized spacial score (nSPS) is 17.7. The van der Waals surface area contributed by atoms with E-state index in [1.54, 1.807) is 6.07 Å². The van der Waals surface area contributed by atoms with Crippen LogP contribution in [0.3, 0.4) is 0 Å². The predicted molar refractivity (Wildman–Crippen MR) is 82.3 cm³/mol. The van der Waals surface area contributed by atoms with E-state index in [9.17, 15) is 8.42 Å². The topological polar surface area (TPSA) is 58.2 Å². The van der Waals surface area contributed by atoms with Crippen molar-refractivity contribution in [1.82, 2.24) is 10.0 Å². The lowest BCUT2D eigenvalue weighted by Crippen LogP contribution is -2.31. The Morgan fingerprint density at radius 2 is 2.11 bits per heavy atom. The fourth-order valence-corrected chi connectivity index (χ4v) is 5.89. The molecule has 19 heavy (non-hydrogen) atoms. The van der Waals surface area contributed by atoms with Crippen molar-refractivity contribution in [3.8, 4) is 0 Å². The van der Waals surface area contributed by atoms with E-state index in [4.69, 9.17) is 0 Å². The summed E-state index contributed by atoms with van der Waals surface area (Å²) in [6.07, 6.45) is 2.22. The van der Waals surface area contributed by atoms with Gasteiger partial charge < -0.3 is 5.32 Å². The third-order valence-electron chi connectivity index (χ3n) is 3.23. The first-order valence-electron chi connectivity index (χ1n) is 6.42. The van der Waals surface area contributed by atoms with Gasteiger partial charge in [0.1, 0.15) is 0 Å². The molecule has 1 aliphatic heterocycles. The first-order valence-corrected chi connectivity index (χ1v) is 9.93. The van der Waals surface area contributed by atoms with E-state index < -0.39 is 10.0 Å². The summed E-state index contributed by atoms with van der Waals surface area (Å²) in [6, 6.07) is 1.69. The average Bonchev–Trinajstić information content (AvgIpc) is 2.87. The maximum Gasteiger partial charge on any atom is 0.241 e. The summed E-state index contributed by atoms with van der Waals surface area (Å²) in [7, 11) is -1.53. The largest absolute Gasteiger partial charge is 0.315 e. The minimum atomic E-state index is -3.36. The molecule has 2 rings (SSSR count). The summed E-state index contributed by atoms with van der Waals surface area (Å²) in [4.78, 5) is 1.30. The highest BCUT2D eigenvalue weighted by molar-refractivity contribution is 7.99. The van der Waals surface area contributed by atoms with Gasteiger partial charge in [-0.3, -0.25) is 0 Å². The molecule has 0 saturated carbocycles. The number of sulfonamides is 1. The van der Waals surface area contributed by atoms with Gasteiger partial charge in [0.15, 0.2) is 0 Å². The van der Waals surface area contributed by atoms with Crippen molar-refractivity contribution in [3.05, 3.63) is 16.3 Å². The Morgan fingerprint density at radius 3 is 2.79 bits per heavy atom. The summed E-state index contributed by atoms with van der Waals surface area (Å²) >= 11 is 3.43. The zero-order valence-corrected chi connectivity index (χ0v) is 13.5. The molecule has 0 atom stereocenters. The molecule has 108 valence electrons. The fraction of sp³-hybridized carbons (Fsp3) is 0.667. The molecular formula is C12H20N2O2S3. The monoisotopic (exact) mass is 320 g/mol. The molecule has 4 nitrogen and oxygen atoms in total. The van der Waals surface area contributed by atoms with Crippen molar-refractivity contribution >= 4 is 33.1 Å². The summed E-state index contributed by atoms with van der Waals surface area (Å²) < 4.78 is 27.4.